The average Bonchev–Trinajstić information content (AvgIpc) is 2.28. The van der Waals surface area contributed by atoms with Gasteiger partial charge >= 0.3 is 0 Å². The van der Waals surface area contributed by atoms with Crippen LogP contribution in [0.3, 0.4) is 0 Å². The van der Waals surface area contributed by atoms with Crippen molar-refractivity contribution in [1.82, 2.24) is 9.88 Å². The Labute approximate surface area is 108 Å². The monoisotopic (exact) mass is 250 g/mol. The molecule has 0 saturated heterocycles. The number of rotatable bonds is 6. The van der Waals surface area contributed by atoms with Gasteiger partial charge in [0.2, 0.25) is 5.91 Å². The number of carbonyl (C=O) groups is 1. The van der Waals surface area contributed by atoms with Gasteiger partial charge in [0, 0.05) is 24.5 Å². The molecule has 18 heavy (non-hydrogen) atoms. The lowest BCUT2D eigenvalue weighted by Crippen LogP contribution is -2.46. The first-order valence-corrected chi connectivity index (χ1v) is 6.13. The molecule has 1 heterocycles. The number of hydrogen-bond donors (Lipinski definition) is 2. The summed E-state index contributed by atoms with van der Waals surface area (Å²) in [5, 5.41) is 0. The summed E-state index contributed by atoms with van der Waals surface area (Å²) in [7, 11) is 0. The average molecular weight is 250 g/mol. The van der Waals surface area contributed by atoms with Gasteiger partial charge in [0.05, 0.1) is 12.6 Å². The Bertz CT molecular complexity index is 378. The van der Waals surface area contributed by atoms with E-state index in [0.29, 0.717) is 0 Å². The Balaban J connectivity index is 3.05. The molecule has 0 bridgehead atoms. The molecule has 0 spiro atoms. The predicted molar refractivity (Wildman–Crippen MR) is 71.7 cm³/mol. The van der Waals surface area contributed by atoms with Gasteiger partial charge in [-0.1, -0.05) is 0 Å². The highest BCUT2D eigenvalue weighted by Crippen LogP contribution is 2.24. The smallest absolute Gasteiger partial charge is 0.231 e. The van der Waals surface area contributed by atoms with Crippen LogP contribution in [-0.2, 0) is 4.79 Å². The predicted octanol–water partition coefficient (Wildman–Crippen LogP) is 0.666. The summed E-state index contributed by atoms with van der Waals surface area (Å²) in [4.78, 5) is 17.2. The normalized spacial score (nSPS) is 14.8. The summed E-state index contributed by atoms with van der Waals surface area (Å²) in [5.41, 5.74) is 12.4. The minimum Gasteiger partial charge on any atom is -0.369 e. The zero-order valence-corrected chi connectivity index (χ0v) is 11.2. The first-order chi connectivity index (χ1) is 8.43. The van der Waals surface area contributed by atoms with Crippen molar-refractivity contribution in [2.24, 2.45) is 11.5 Å². The molecule has 0 aliphatic rings. The minimum absolute atomic E-state index is 0.0412. The molecule has 0 aliphatic carbocycles. The van der Waals surface area contributed by atoms with Crippen molar-refractivity contribution in [1.29, 1.82) is 0 Å². The number of nitrogens with zero attached hydrogens (tertiary/aromatic N) is 2. The summed E-state index contributed by atoms with van der Waals surface area (Å²) in [5.74, 6) is -0.344. The Morgan fingerprint density at radius 1 is 1.33 bits per heavy atom. The van der Waals surface area contributed by atoms with E-state index in [1.807, 2.05) is 37.8 Å². The maximum Gasteiger partial charge on any atom is 0.231 e. The highest BCUT2D eigenvalue weighted by atomic mass is 16.1. The quantitative estimate of drug-likeness (QED) is 0.777. The van der Waals surface area contributed by atoms with Crippen molar-refractivity contribution in [3.63, 3.8) is 0 Å². The third kappa shape index (κ3) is 3.78. The molecule has 0 radical (unpaired) electrons. The van der Waals surface area contributed by atoms with Gasteiger partial charge in [0.25, 0.3) is 0 Å². The molecule has 4 N–H and O–H groups in total. The van der Waals surface area contributed by atoms with Crippen LogP contribution >= 0.6 is 0 Å². The Hall–Kier alpha value is -1.46. The fourth-order valence-corrected chi connectivity index (χ4v) is 2.14. The van der Waals surface area contributed by atoms with Gasteiger partial charge in [0.15, 0.2) is 0 Å². The number of carbonyl (C=O) groups excluding carboxylic acids is 1. The topological polar surface area (TPSA) is 85.2 Å². The molecule has 5 heteroatoms. The van der Waals surface area contributed by atoms with Crippen LogP contribution in [0.2, 0.25) is 0 Å². The van der Waals surface area contributed by atoms with E-state index in [2.05, 4.69) is 4.98 Å². The van der Waals surface area contributed by atoms with Gasteiger partial charge in [-0.25, -0.2) is 0 Å². The molecule has 2 unspecified atom stereocenters. The number of pyridine rings is 1. The van der Waals surface area contributed by atoms with Gasteiger partial charge < -0.3 is 11.5 Å². The summed E-state index contributed by atoms with van der Waals surface area (Å²) < 4.78 is 0. The second kappa shape index (κ2) is 6.47. The Morgan fingerprint density at radius 3 is 2.28 bits per heavy atom. The van der Waals surface area contributed by atoms with Crippen LogP contribution in [0.4, 0.5) is 0 Å². The van der Waals surface area contributed by atoms with E-state index in [1.165, 1.54) is 0 Å². The van der Waals surface area contributed by atoms with Crippen LogP contribution in [0.5, 0.6) is 0 Å². The van der Waals surface area contributed by atoms with Crippen molar-refractivity contribution in [3.8, 4) is 0 Å². The Kier molecular flexibility index (Phi) is 5.25. The van der Waals surface area contributed by atoms with Crippen LogP contribution in [0.15, 0.2) is 24.5 Å². The van der Waals surface area contributed by atoms with Crippen LogP contribution in [0, 0.1) is 0 Å². The van der Waals surface area contributed by atoms with Gasteiger partial charge in [-0.15, -0.1) is 0 Å². The van der Waals surface area contributed by atoms with E-state index in [-0.39, 0.29) is 30.6 Å². The van der Waals surface area contributed by atoms with Gasteiger partial charge in [-0.2, -0.15) is 0 Å². The number of nitrogens with two attached hydrogens (primary N) is 2. The van der Waals surface area contributed by atoms with Crippen molar-refractivity contribution in [2.75, 3.05) is 6.54 Å². The second-order valence-electron chi connectivity index (χ2n) is 4.82. The molecule has 100 valence electrons. The molecule has 0 aromatic carbocycles. The third-order valence-electron chi connectivity index (χ3n) is 2.90. The van der Waals surface area contributed by atoms with E-state index in [4.69, 9.17) is 11.5 Å². The zero-order valence-electron chi connectivity index (χ0n) is 11.2. The van der Waals surface area contributed by atoms with Crippen molar-refractivity contribution in [3.05, 3.63) is 30.1 Å². The molecule has 1 amide bonds. The number of amides is 1. The fourth-order valence-electron chi connectivity index (χ4n) is 2.14. The van der Waals surface area contributed by atoms with E-state index in [0.717, 1.165) is 5.56 Å². The molecule has 2 atom stereocenters. The molecule has 1 rings (SSSR count). The van der Waals surface area contributed by atoms with Crippen molar-refractivity contribution in [2.45, 2.75) is 38.9 Å². The molecule has 0 fully saturated rings. The lowest BCUT2D eigenvalue weighted by Gasteiger charge is -2.36. The van der Waals surface area contributed by atoms with Crippen molar-refractivity contribution < 1.29 is 4.79 Å². The van der Waals surface area contributed by atoms with Crippen molar-refractivity contribution >= 4 is 5.91 Å². The highest BCUT2D eigenvalue weighted by molar-refractivity contribution is 5.76. The van der Waals surface area contributed by atoms with Crippen LogP contribution in [0.25, 0.3) is 0 Å². The highest BCUT2D eigenvalue weighted by Gasteiger charge is 2.27. The number of aromatic nitrogens is 1. The molecule has 5 nitrogen and oxygen atoms in total. The summed E-state index contributed by atoms with van der Waals surface area (Å²) in [6.07, 6.45) is 3.46. The van der Waals surface area contributed by atoms with Gasteiger partial charge in [0.1, 0.15) is 0 Å². The van der Waals surface area contributed by atoms with Crippen LogP contribution < -0.4 is 11.5 Å². The standard InChI is InChI=1S/C13H22N4O/c1-9(2)17(8-12(15)18)13(10(3)14)11-4-6-16-7-5-11/h4-7,9-10,13H,8,14H2,1-3H3,(H2,15,18). The van der Waals surface area contributed by atoms with Gasteiger partial charge in [-0.3, -0.25) is 14.7 Å². The largest absolute Gasteiger partial charge is 0.369 e. The molecule has 0 saturated carbocycles. The lowest BCUT2D eigenvalue weighted by molar-refractivity contribution is -0.120. The first kappa shape index (κ1) is 14.6. The summed E-state index contributed by atoms with van der Waals surface area (Å²) in [6.45, 7) is 6.19. The molecular weight excluding hydrogens is 228 g/mol. The molecule has 1 aromatic rings. The maximum atomic E-state index is 11.2. The van der Waals surface area contributed by atoms with E-state index < -0.39 is 0 Å². The SMILES string of the molecule is CC(N)C(c1ccncc1)N(CC(N)=O)C(C)C. The second-order valence-corrected chi connectivity index (χ2v) is 4.82. The maximum absolute atomic E-state index is 11.2. The molecule has 1 aromatic heterocycles. The first-order valence-electron chi connectivity index (χ1n) is 6.13. The Morgan fingerprint density at radius 2 is 1.89 bits per heavy atom. The third-order valence-corrected chi connectivity index (χ3v) is 2.90. The van der Waals surface area contributed by atoms with E-state index in [9.17, 15) is 4.79 Å². The van der Waals surface area contributed by atoms with Crippen LogP contribution in [-0.4, -0.2) is 34.4 Å². The van der Waals surface area contributed by atoms with E-state index in [1.54, 1.807) is 12.4 Å². The number of hydrogen-bond acceptors (Lipinski definition) is 4. The minimum atomic E-state index is -0.344. The fraction of sp³-hybridized carbons (Fsp3) is 0.538. The summed E-state index contributed by atoms with van der Waals surface area (Å²) in [6, 6.07) is 3.88. The molecule has 0 aliphatic heterocycles. The van der Waals surface area contributed by atoms with Gasteiger partial charge in [-0.05, 0) is 38.5 Å². The lowest BCUT2D eigenvalue weighted by atomic mass is 9.99. The summed E-state index contributed by atoms with van der Waals surface area (Å²) >= 11 is 0. The van der Waals surface area contributed by atoms with E-state index >= 15 is 0 Å². The van der Waals surface area contributed by atoms with Crippen LogP contribution in [0.1, 0.15) is 32.4 Å². The zero-order chi connectivity index (χ0) is 13.7. The number of primary amides is 1. The molecular formula is C13H22N4O.